The second-order valence-electron chi connectivity index (χ2n) is 3.32. The molecule has 2 N–H and O–H groups in total. The van der Waals surface area contributed by atoms with Crippen molar-refractivity contribution < 1.29 is 22.0 Å². The van der Waals surface area contributed by atoms with Crippen molar-refractivity contribution in [3.05, 3.63) is 35.3 Å². The van der Waals surface area contributed by atoms with Crippen molar-refractivity contribution in [3.8, 4) is 0 Å². The van der Waals surface area contributed by atoms with E-state index >= 15 is 0 Å². The van der Waals surface area contributed by atoms with E-state index < -0.39 is 35.1 Å². The highest BCUT2D eigenvalue weighted by atomic mass is 19.3. The van der Waals surface area contributed by atoms with Crippen LogP contribution in [0, 0.1) is 17.5 Å². The van der Waals surface area contributed by atoms with E-state index in [0.717, 1.165) is 6.07 Å². The predicted molar refractivity (Wildman–Crippen MR) is 51.0 cm³/mol. The van der Waals surface area contributed by atoms with Crippen molar-refractivity contribution in [3.63, 3.8) is 0 Å². The van der Waals surface area contributed by atoms with E-state index in [1.165, 1.54) is 0 Å². The summed E-state index contributed by atoms with van der Waals surface area (Å²) in [6.07, 6.45) is -2.98. The van der Waals surface area contributed by atoms with Crippen LogP contribution in [0.15, 0.2) is 12.1 Å². The average molecular weight is 248 g/mol. The molecule has 1 heterocycles. The lowest BCUT2D eigenvalue weighted by Crippen LogP contribution is -2.01. The molecular weight excluding hydrogens is 243 g/mol. The van der Waals surface area contributed by atoms with E-state index in [-0.39, 0.29) is 11.1 Å². The van der Waals surface area contributed by atoms with Crippen LogP contribution in [0.3, 0.4) is 0 Å². The van der Waals surface area contributed by atoms with Crippen LogP contribution in [-0.2, 0) is 0 Å². The zero-order valence-electron chi connectivity index (χ0n) is 8.15. The van der Waals surface area contributed by atoms with Gasteiger partial charge in [-0.3, -0.25) is 0 Å². The number of aromatic nitrogens is 1. The van der Waals surface area contributed by atoms with Gasteiger partial charge in [-0.25, -0.2) is 26.9 Å². The van der Waals surface area contributed by atoms with Crippen LogP contribution in [0.25, 0.3) is 10.9 Å². The van der Waals surface area contributed by atoms with E-state index in [4.69, 9.17) is 5.73 Å². The molecule has 7 heteroatoms. The highest BCUT2D eigenvalue weighted by Gasteiger charge is 2.19. The lowest BCUT2D eigenvalue weighted by Gasteiger charge is -2.07. The zero-order chi connectivity index (χ0) is 12.7. The maximum absolute atomic E-state index is 13.3. The second-order valence-corrected chi connectivity index (χ2v) is 3.32. The number of fused-ring (bicyclic) bond motifs is 1. The van der Waals surface area contributed by atoms with Crippen LogP contribution in [0.2, 0.25) is 0 Å². The smallest absolute Gasteiger partial charge is 0.280 e. The first-order chi connectivity index (χ1) is 7.91. The number of hydrogen-bond donors (Lipinski definition) is 1. The van der Waals surface area contributed by atoms with Gasteiger partial charge in [0.1, 0.15) is 11.2 Å². The third-order valence-corrected chi connectivity index (χ3v) is 2.22. The number of hydrogen-bond acceptors (Lipinski definition) is 2. The van der Waals surface area contributed by atoms with Gasteiger partial charge in [-0.1, -0.05) is 0 Å². The van der Waals surface area contributed by atoms with Gasteiger partial charge in [-0.15, -0.1) is 0 Å². The summed E-state index contributed by atoms with van der Waals surface area (Å²) in [4.78, 5) is 3.23. The van der Waals surface area contributed by atoms with Crippen LogP contribution in [0.4, 0.5) is 27.6 Å². The molecule has 2 aromatic rings. The van der Waals surface area contributed by atoms with Crippen molar-refractivity contribution >= 4 is 16.6 Å². The summed E-state index contributed by atoms with van der Waals surface area (Å²) in [5.74, 6) is -4.85. The van der Waals surface area contributed by atoms with Crippen LogP contribution in [0.1, 0.15) is 12.1 Å². The van der Waals surface area contributed by atoms with Crippen LogP contribution >= 0.6 is 0 Å². The van der Waals surface area contributed by atoms with Crippen molar-refractivity contribution in [2.24, 2.45) is 0 Å². The van der Waals surface area contributed by atoms with E-state index in [9.17, 15) is 22.0 Å². The minimum Gasteiger partial charge on any atom is -0.398 e. The minimum absolute atomic E-state index is 0.245. The summed E-state index contributed by atoms with van der Waals surface area (Å²) in [6.45, 7) is 0. The number of anilines is 1. The highest BCUT2D eigenvalue weighted by Crippen LogP contribution is 2.29. The Kier molecular flexibility index (Phi) is 2.60. The van der Waals surface area contributed by atoms with Crippen LogP contribution in [-0.4, -0.2) is 4.98 Å². The van der Waals surface area contributed by atoms with Gasteiger partial charge in [0.2, 0.25) is 0 Å². The summed E-state index contributed by atoms with van der Waals surface area (Å²) < 4.78 is 63.9. The fourth-order valence-corrected chi connectivity index (χ4v) is 1.43. The maximum atomic E-state index is 13.3. The number of rotatable bonds is 1. The molecule has 90 valence electrons. The maximum Gasteiger partial charge on any atom is 0.280 e. The van der Waals surface area contributed by atoms with Crippen molar-refractivity contribution in [2.45, 2.75) is 6.43 Å². The predicted octanol–water partition coefficient (Wildman–Crippen LogP) is 3.17. The molecule has 2 rings (SSSR count). The highest BCUT2D eigenvalue weighted by molar-refractivity contribution is 5.90. The van der Waals surface area contributed by atoms with E-state index in [2.05, 4.69) is 4.98 Å². The lowest BCUT2D eigenvalue weighted by molar-refractivity contribution is 0.146. The quantitative estimate of drug-likeness (QED) is 0.621. The van der Waals surface area contributed by atoms with Gasteiger partial charge >= 0.3 is 0 Å². The number of pyridine rings is 1. The monoisotopic (exact) mass is 248 g/mol. The lowest BCUT2D eigenvalue weighted by atomic mass is 10.1. The van der Waals surface area contributed by atoms with Gasteiger partial charge in [-0.2, -0.15) is 0 Å². The van der Waals surface area contributed by atoms with Crippen molar-refractivity contribution in [1.82, 2.24) is 4.98 Å². The minimum atomic E-state index is -2.98. The normalized spacial score (nSPS) is 11.4. The first-order valence-electron chi connectivity index (χ1n) is 4.43. The Bertz CT molecular complexity index is 597. The van der Waals surface area contributed by atoms with Gasteiger partial charge < -0.3 is 5.73 Å². The second kappa shape index (κ2) is 3.83. The summed E-state index contributed by atoms with van der Waals surface area (Å²) in [6, 6.07) is 1.41. The molecule has 0 aliphatic rings. The van der Waals surface area contributed by atoms with E-state index in [1.54, 1.807) is 0 Å². The standard InChI is InChI=1S/C10H5F5N2/c11-4-1-3-5(16)2-6(10(14)15)17-9(3)8(13)7(4)12/h1-2,10H,(H2,16,17). The molecule has 0 amide bonds. The number of nitrogens with two attached hydrogens (primary N) is 1. The molecular formula is C10H5F5N2. The number of halogens is 5. The summed E-state index contributed by atoms with van der Waals surface area (Å²) in [5.41, 5.74) is 3.56. The first-order valence-corrected chi connectivity index (χ1v) is 4.43. The van der Waals surface area contributed by atoms with E-state index in [0.29, 0.717) is 6.07 Å². The van der Waals surface area contributed by atoms with Crippen molar-refractivity contribution in [1.29, 1.82) is 0 Å². The molecule has 0 unspecified atom stereocenters. The Morgan fingerprint density at radius 1 is 1.06 bits per heavy atom. The molecule has 0 fully saturated rings. The largest absolute Gasteiger partial charge is 0.398 e. The van der Waals surface area contributed by atoms with Crippen molar-refractivity contribution in [2.75, 3.05) is 5.73 Å². The molecule has 0 aliphatic heterocycles. The summed E-state index contributed by atoms with van der Waals surface area (Å²) in [5, 5.41) is -0.245. The number of benzene rings is 1. The Morgan fingerprint density at radius 2 is 1.71 bits per heavy atom. The van der Waals surface area contributed by atoms with Gasteiger partial charge in [0.15, 0.2) is 17.5 Å². The molecule has 1 aromatic heterocycles. The Balaban J connectivity index is 2.88. The Hall–Kier alpha value is -1.92. The van der Waals surface area contributed by atoms with Gasteiger partial charge in [0.05, 0.1) is 0 Å². The first kappa shape index (κ1) is 11.6. The molecule has 0 spiro atoms. The van der Waals surface area contributed by atoms with Gasteiger partial charge in [-0.05, 0) is 12.1 Å². The summed E-state index contributed by atoms with van der Waals surface area (Å²) in [7, 11) is 0. The molecule has 0 radical (unpaired) electrons. The molecule has 1 aromatic carbocycles. The Labute approximate surface area is 91.9 Å². The Morgan fingerprint density at radius 3 is 2.29 bits per heavy atom. The number of nitrogens with zero attached hydrogens (tertiary/aromatic N) is 1. The number of alkyl halides is 2. The summed E-state index contributed by atoms with van der Waals surface area (Å²) >= 11 is 0. The van der Waals surface area contributed by atoms with Gasteiger partial charge in [0, 0.05) is 11.1 Å². The topological polar surface area (TPSA) is 38.9 Å². The SMILES string of the molecule is Nc1cc(C(F)F)nc2c(F)c(F)c(F)cc12. The average Bonchev–Trinajstić information content (AvgIpc) is 2.27. The molecule has 0 atom stereocenters. The molecule has 0 aliphatic carbocycles. The fourth-order valence-electron chi connectivity index (χ4n) is 1.43. The molecule has 17 heavy (non-hydrogen) atoms. The third-order valence-electron chi connectivity index (χ3n) is 2.22. The molecule has 0 saturated carbocycles. The van der Waals surface area contributed by atoms with Gasteiger partial charge in [0.25, 0.3) is 6.43 Å². The third kappa shape index (κ3) is 1.77. The number of nitrogen functional groups attached to an aromatic ring is 1. The fraction of sp³-hybridized carbons (Fsp3) is 0.100. The zero-order valence-corrected chi connectivity index (χ0v) is 8.15. The molecule has 0 saturated heterocycles. The molecule has 0 bridgehead atoms. The van der Waals surface area contributed by atoms with Crippen LogP contribution < -0.4 is 5.73 Å². The van der Waals surface area contributed by atoms with E-state index in [1.807, 2.05) is 0 Å². The molecule has 2 nitrogen and oxygen atoms in total. The van der Waals surface area contributed by atoms with Crippen LogP contribution in [0.5, 0.6) is 0 Å².